The molecule has 0 N–H and O–H groups in total. The van der Waals surface area contributed by atoms with Crippen LogP contribution in [0.5, 0.6) is 0 Å². The predicted molar refractivity (Wildman–Crippen MR) is 39.4 cm³/mol. The molecule has 0 atom stereocenters. The quantitative estimate of drug-likeness (QED) is 0.596. The van der Waals surface area contributed by atoms with Crippen molar-refractivity contribution in [3.63, 3.8) is 0 Å². The molecule has 0 fully saturated rings. The number of rotatable bonds is 0. The molecule has 1 aromatic carbocycles. The normalized spacial score (nSPS) is 9.09. The fourth-order valence-electron chi connectivity index (χ4n) is 0.842. The van der Waals surface area contributed by atoms with Crippen molar-refractivity contribution >= 4 is 0 Å². The summed E-state index contributed by atoms with van der Waals surface area (Å²) in [5, 5.41) is 0. The molecule has 0 unspecified atom stereocenters. The minimum atomic E-state index is -0.125. The predicted octanol–water partition coefficient (Wildman–Crippen LogP) is 2.55. The van der Waals surface area contributed by atoms with Crippen LogP contribution < -0.4 is 0 Å². The number of hydrogen-bond donors (Lipinski definition) is 0. The molecule has 11 heavy (non-hydrogen) atoms. The molecule has 1 radical (unpaired) electrons. The van der Waals surface area contributed by atoms with Gasteiger partial charge in [0.15, 0.2) is 0 Å². The second kappa shape index (κ2) is 4.32. The molecule has 0 nitrogen and oxygen atoms in total. The van der Waals surface area contributed by atoms with E-state index in [1.807, 2.05) is 13.0 Å². The van der Waals surface area contributed by atoms with E-state index in [0.29, 0.717) is 5.56 Å². The van der Waals surface area contributed by atoms with Crippen LogP contribution in [0.1, 0.15) is 16.7 Å². The van der Waals surface area contributed by atoms with Crippen LogP contribution >= 0.6 is 0 Å². The van der Waals surface area contributed by atoms with E-state index in [1.165, 1.54) is 0 Å². The van der Waals surface area contributed by atoms with Crippen molar-refractivity contribution in [3.8, 4) is 0 Å². The summed E-state index contributed by atoms with van der Waals surface area (Å²) in [6.07, 6.45) is 0. The van der Waals surface area contributed by atoms with Gasteiger partial charge in [-0.3, -0.25) is 4.39 Å². The zero-order valence-corrected chi connectivity index (χ0v) is 9.87. The first-order chi connectivity index (χ1) is 4.63. The largest absolute Gasteiger partial charge is 0.284 e. The maximum Gasteiger partial charge on any atom is 0.0147 e. The molecule has 0 aliphatic carbocycles. The van der Waals surface area contributed by atoms with Crippen LogP contribution in [0, 0.1) is 32.7 Å². The summed E-state index contributed by atoms with van der Waals surface area (Å²) < 4.78 is 13.0. The Morgan fingerprint density at radius 1 is 1.27 bits per heavy atom. The van der Waals surface area contributed by atoms with Gasteiger partial charge in [0.1, 0.15) is 0 Å². The van der Waals surface area contributed by atoms with Gasteiger partial charge in [0.05, 0.1) is 0 Å². The van der Waals surface area contributed by atoms with Crippen LogP contribution in [-0.2, 0) is 32.7 Å². The Morgan fingerprint density at radius 2 is 1.82 bits per heavy atom. The number of halogens is 1. The van der Waals surface area contributed by atoms with Gasteiger partial charge in [-0.2, -0.15) is 17.7 Å². The Labute approximate surface area is 92.1 Å². The Kier molecular flexibility index (Phi) is 4.42. The van der Waals surface area contributed by atoms with Crippen molar-refractivity contribution in [2.24, 2.45) is 0 Å². The summed E-state index contributed by atoms with van der Waals surface area (Å²) in [6.45, 7) is 5.39. The first-order valence-corrected chi connectivity index (χ1v) is 3.27. The summed E-state index contributed by atoms with van der Waals surface area (Å²) in [5.74, 6) is -0.125. The van der Waals surface area contributed by atoms with E-state index in [2.05, 4.69) is 6.07 Å². The van der Waals surface area contributed by atoms with Gasteiger partial charge in [0, 0.05) is 38.5 Å². The van der Waals surface area contributed by atoms with Crippen LogP contribution in [0.4, 0.5) is 4.39 Å². The molecule has 0 aliphatic heterocycles. The number of hydrogen-bond acceptors (Lipinski definition) is 0. The molecule has 57 valence electrons. The van der Waals surface area contributed by atoms with E-state index in [9.17, 15) is 4.39 Å². The minimum Gasteiger partial charge on any atom is -0.284 e. The molecule has 2 heteroatoms. The van der Waals surface area contributed by atoms with Crippen LogP contribution in [0.2, 0.25) is 0 Å². The van der Waals surface area contributed by atoms with Gasteiger partial charge >= 0.3 is 0 Å². The second-order valence-corrected chi connectivity index (χ2v) is 2.54. The Bertz CT molecular complexity index is 229. The fourth-order valence-corrected chi connectivity index (χ4v) is 0.842. The molecule has 1 aromatic rings. The van der Waals surface area contributed by atoms with Gasteiger partial charge in [0.2, 0.25) is 0 Å². The standard InChI is InChI=1S/C9H10F.Y/c1-6-4-5-7(2)9(10)8(6)3;/h4H,1-3H3;/q-1;. The van der Waals surface area contributed by atoms with E-state index >= 15 is 0 Å². The molecule has 0 heterocycles. The van der Waals surface area contributed by atoms with Crippen molar-refractivity contribution in [3.05, 3.63) is 34.6 Å². The average molecular weight is 226 g/mol. The molecule has 1 rings (SSSR count). The average Bonchev–Trinajstić information content (AvgIpc) is 1.93. The van der Waals surface area contributed by atoms with E-state index in [4.69, 9.17) is 0 Å². The van der Waals surface area contributed by atoms with E-state index in [-0.39, 0.29) is 38.5 Å². The fraction of sp³-hybridized carbons (Fsp3) is 0.333. The van der Waals surface area contributed by atoms with Crippen LogP contribution in [-0.4, -0.2) is 0 Å². The summed E-state index contributed by atoms with van der Waals surface area (Å²) >= 11 is 0. The minimum absolute atomic E-state index is 0. The van der Waals surface area contributed by atoms with Gasteiger partial charge in [-0.1, -0.05) is 20.8 Å². The van der Waals surface area contributed by atoms with Crippen molar-refractivity contribution < 1.29 is 37.1 Å². The Morgan fingerprint density at radius 3 is 2.27 bits per heavy atom. The van der Waals surface area contributed by atoms with Crippen molar-refractivity contribution in [2.75, 3.05) is 0 Å². The monoisotopic (exact) mass is 226 g/mol. The molecule has 0 spiro atoms. The Balaban J connectivity index is 0.000001000. The molecule has 0 saturated carbocycles. The maximum atomic E-state index is 13.0. The van der Waals surface area contributed by atoms with Gasteiger partial charge in [-0.15, -0.1) is 11.1 Å². The number of aryl methyl sites for hydroxylation is 2. The third-order valence-corrected chi connectivity index (χ3v) is 1.76. The first-order valence-electron chi connectivity index (χ1n) is 3.27. The van der Waals surface area contributed by atoms with Gasteiger partial charge < -0.3 is 0 Å². The second-order valence-electron chi connectivity index (χ2n) is 2.54. The summed E-state index contributed by atoms with van der Waals surface area (Å²) in [6, 6.07) is 4.65. The summed E-state index contributed by atoms with van der Waals surface area (Å²) in [4.78, 5) is 0. The zero-order chi connectivity index (χ0) is 7.72. The zero-order valence-electron chi connectivity index (χ0n) is 7.03. The summed E-state index contributed by atoms with van der Waals surface area (Å²) in [5.41, 5.74) is 2.29. The van der Waals surface area contributed by atoms with Gasteiger partial charge in [-0.05, 0) is 0 Å². The van der Waals surface area contributed by atoms with Gasteiger partial charge in [-0.25, -0.2) is 0 Å². The van der Waals surface area contributed by atoms with E-state index in [0.717, 1.165) is 11.1 Å². The SMILES string of the molecule is Cc1[c-]cc(C)c(C)c1F.[Y]. The third kappa shape index (κ3) is 2.35. The van der Waals surface area contributed by atoms with Crippen LogP contribution in [0.3, 0.4) is 0 Å². The maximum absolute atomic E-state index is 13.0. The van der Waals surface area contributed by atoms with Crippen molar-refractivity contribution in [2.45, 2.75) is 20.8 Å². The third-order valence-electron chi connectivity index (χ3n) is 1.76. The smallest absolute Gasteiger partial charge is 0.0147 e. The first kappa shape index (κ1) is 11.3. The van der Waals surface area contributed by atoms with Crippen molar-refractivity contribution in [1.82, 2.24) is 0 Å². The molecular weight excluding hydrogens is 216 g/mol. The van der Waals surface area contributed by atoms with Crippen molar-refractivity contribution in [1.29, 1.82) is 0 Å². The molecule has 0 aliphatic rings. The van der Waals surface area contributed by atoms with E-state index < -0.39 is 0 Å². The molecule has 0 bridgehead atoms. The van der Waals surface area contributed by atoms with Crippen LogP contribution in [0.25, 0.3) is 0 Å². The number of benzene rings is 1. The molecule has 0 saturated heterocycles. The van der Waals surface area contributed by atoms with Gasteiger partial charge in [0.25, 0.3) is 0 Å². The molecule has 0 aromatic heterocycles. The molecule has 0 amide bonds. The molecular formula is C9H10FY-. The topological polar surface area (TPSA) is 0 Å². The Hall–Kier alpha value is 0.254. The summed E-state index contributed by atoms with van der Waals surface area (Å²) in [7, 11) is 0. The van der Waals surface area contributed by atoms with E-state index in [1.54, 1.807) is 13.8 Å². The van der Waals surface area contributed by atoms with Crippen LogP contribution in [0.15, 0.2) is 6.07 Å².